The number of fused-ring (bicyclic) bond motifs is 1. The number of rotatable bonds is 2. The minimum absolute atomic E-state index is 0.0343. The summed E-state index contributed by atoms with van der Waals surface area (Å²) in [6, 6.07) is 4.38. The van der Waals surface area contributed by atoms with Crippen LogP contribution in [0, 0.1) is 0 Å². The van der Waals surface area contributed by atoms with E-state index in [0.717, 1.165) is 25.0 Å². The number of halogens is 1. The number of nitrogens with zero attached hydrogens (tertiary/aromatic N) is 1. The molecule has 0 saturated heterocycles. The van der Waals surface area contributed by atoms with Gasteiger partial charge in [0.05, 0.1) is 10.7 Å². The molecule has 0 aliphatic heterocycles. The molecule has 1 aliphatic carbocycles. The smallest absolute Gasteiger partial charge is 0.257 e. The lowest BCUT2D eigenvalue weighted by molar-refractivity contribution is 0.102. The van der Waals surface area contributed by atoms with Crippen molar-refractivity contribution in [1.82, 2.24) is 4.98 Å². The highest BCUT2D eigenvalue weighted by atomic mass is 35.5. The first kappa shape index (κ1) is 13.4. The summed E-state index contributed by atoms with van der Waals surface area (Å²) in [4.78, 5) is 17.8. The lowest BCUT2D eigenvalue weighted by Gasteiger charge is -2.06. The summed E-state index contributed by atoms with van der Waals surface area (Å²) in [6.07, 6.45) is 4.40. The summed E-state index contributed by atoms with van der Waals surface area (Å²) < 4.78 is 0. The van der Waals surface area contributed by atoms with E-state index >= 15 is 0 Å². The van der Waals surface area contributed by atoms with E-state index in [-0.39, 0.29) is 16.7 Å². The van der Waals surface area contributed by atoms with Gasteiger partial charge in [-0.3, -0.25) is 10.1 Å². The number of carbonyl (C=O) groups excluding carboxylic acids is 1. The van der Waals surface area contributed by atoms with Gasteiger partial charge >= 0.3 is 0 Å². The number of aryl methyl sites for hydroxylation is 2. The van der Waals surface area contributed by atoms with Gasteiger partial charge in [-0.1, -0.05) is 11.6 Å². The number of aromatic nitrogens is 1. The molecule has 104 valence electrons. The van der Waals surface area contributed by atoms with E-state index in [9.17, 15) is 9.90 Å². The van der Waals surface area contributed by atoms with Gasteiger partial charge in [-0.15, -0.1) is 11.3 Å². The maximum Gasteiger partial charge on any atom is 0.257 e. The molecule has 0 radical (unpaired) electrons. The Bertz CT molecular complexity index is 646. The Morgan fingerprint density at radius 3 is 2.90 bits per heavy atom. The molecular weight excluding hydrogens is 296 g/mol. The maximum atomic E-state index is 12.1. The largest absolute Gasteiger partial charge is 0.506 e. The van der Waals surface area contributed by atoms with Crippen LogP contribution in [0.25, 0.3) is 0 Å². The molecule has 0 spiro atoms. The highest BCUT2D eigenvalue weighted by Gasteiger charge is 2.17. The predicted molar refractivity (Wildman–Crippen MR) is 79.8 cm³/mol. The Hall–Kier alpha value is -1.59. The van der Waals surface area contributed by atoms with E-state index < -0.39 is 0 Å². The Kier molecular flexibility index (Phi) is 3.63. The van der Waals surface area contributed by atoms with Crippen LogP contribution < -0.4 is 5.32 Å². The number of carbonyl (C=O) groups is 1. The van der Waals surface area contributed by atoms with Crippen molar-refractivity contribution in [2.75, 3.05) is 5.32 Å². The van der Waals surface area contributed by atoms with Crippen LogP contribution in [0.1, 0.15) is 33.8 Å². The zero-order valence-electron chi connectivity index (χ0n) is 10.6. The number of nitrogens with one attached hydrogen (secondary N) is 1. The van der Waals surface area contributed by atoms with Crippen molar-refractivity contribution >= 4 is 34.0 Å². The zero-order valence-corrected chi connectivity index (χ0v) is 12.2. The molecule has 2 N–H and O–H groups in total. The van der Waals surface area contributed by atoms with Gasteiger partial charge in [0, 0.05) is 10.4 Å². The minimum atomic E-state index is -0.266. The van der Waals surface area contributed by atoms with Crippen LogP contribution in [0.4, 0.5) is 5.13 Å². The van der Waals surface area contributed by atoms with Crippen molar-refractivity contribution in [2.45, 2.75) is 25.7 Å². The van der Waals surface area contributed by atoms with Crippen LogP contribution in [0.2, 0.25) is 5.02 Å². The van der Waals surface area contributed by atoms with Crippen LogP contribution in [0.3, 0.4) is 0 Å². The fourth-order valence-corrected chi connectivity index (χ4v) is 3.45. The number of thiazole rings is 1. The van der Waals surface area contributed by atoms with Crippen molar-refractivity contribution < 1.29 is 9.90 Å². The Balaban J connectivity index is 1.78. The van der Waals surface area contributed by atoms with Gasteiger partial charge in [0.15, 0.2) is 5.13 Å². The van der Waals surface area contributed by atoms with Crippen molar-refractivity contribution in [1.29, 1.82) is 0 Å². The molecule has 1 heterocycles. The normalized spacial score (nSPS) is 13.8. The number of hydrogen-bond donors (Lipinski definition) is 2. The van der Waals surface area contributed by atoms with E-state index in [1.807, 2.05) is 0 Å². The van der Waals surface area contributed by atoms with Gasteiger partial charge in [-0.25, -0.2) is 4.98 Å². The third-order valence-corrected chi connectivity index (χ3v) is 4.65. The second kappa shape index (κ2) is 5.42. The standard InChI is InChI=1S/C14H13ClN2O2S/c15-9-7-8(5-6-11(9)18)13(19)17-14-16-10-3-1-2-4-12(10)20-14/h5-7,18H,1-4H2,(H,16,17,19). The minimum Gasteiger partial charge on any atom is -0.506 e. The lowest BCUT2D eigenvalue weighted by Crippen LogP contribution is -2.11. The molecular formula is C14H13ClN2O2S. The summed E-state index contributed by atoms with van der Waals surface area (Å²) in [6.45, 7) is 0. The summed E-state index contributed by atoms with van der Waals surface area (Å²) in [5.41, 5.74) is 1.52. The number of phenolic OH excluding ortho intramolecular Hbond substituents is 1. The fourth-order valence-electron chi connectivity index (χ4n) is 2.22. The highest BCUT2D eigenvalue weighted by Crippen LogP contribution is 2.30. The van der Waals surface area contributed by atoms with Crippen LogP contribution in [-0.2, 0) is 12.8 Å². The number of phenols is 1. The van der Waals surface area contributed by atoms with Crippen LogP contribution in [0.15, 0.2) is 18.2 Å². The molecule has 2 aromatic rings. The molecule has 1 aromatic carbocycles. The molecule has 0 saturated carbocycles. The average Bonchev–Trinajstić information content (AvgIpc) is 2.83. The fraction of sp³-hybridized carbons (Fsp3) is 0.286. The van der Waals surface area contributed by atoms with Crippen molar-refractivity contribution in [3.8, 4) is 5.75 Å². The Labute approximate surface area is 125 Å². The maximum absolute atomic E-state index is 12.1. The summed E-state index contributed by atoms with van der Waals surface area (Å²) in [5.74, 6) is -0.300. The van der Waals surface area contributed by atoms with Gasteiger partial charge in [-0.05, 0) is 43.9 Å². The summed E-state index contributed by atoms with van der Waals surface area (Å²) in [5, 5.41) is 12.9. The van der Waals surface area contributed by atoms with Gasteiger partial charge in [0.1, 0.15) is 5.75 Å². The molecule has 0 atom stereocenters. The van der Waals surface area contributed by atoms with E-state index in [0.29, 0.717) is 10.7 Å². The number of aromatic hydroxyl groups is 1. The third-order valence-electron chi connectivity index (χ3n) is 3.28. The molecule has 4 nitrogen and oxygen atoms in total. The number of amides is 1. The Morgan fingerprint density at radius 1 is 1.35 bits per heavy atom. The van der Waals surface area contributed by atoms with Crippen LogP contribution in [0.5, 0.6) is 5.75 Å². The molecule has 0 unspecified atom stereocenters. The molecule has 20 heavy (non-hydrogen) atoms. The van der Waals surface area contributed by atoms with Gasteiger partial charge < -0.3 is 5.11 Å². The quantitative estimate of drug-likeness (QED) is 0.890. The van der Waals surface area contributed by atoms with Gasteiger partial charge in [0.2, 0.25) is 0 Å². The molecule has 0 bridgehead atoms. The molecule has 1 aliphatic rings. The molecule has 0 fully saturated rings. The molecule has 6 heteroatoms. The number of anilines is 1. The number of hydrogen-bond acceptors (Lipinski definition) is 4. The van der Waals surface area contributed by atoms with Crippen molar-refractivity contribution in [2.24, 2.45) is 0 Å². The van der Waals surface area contributed by atoms with Gasteiger partial charge in [-0.2, -0.15) is 0 Å². The average molecular weight is 309 g/mol. The zero-order chi connectivity index (χ0) is 14.1. The predicted octanol–water partition coefficient (Wildman–Crippen LogP) is 3.63. The molecule has 3 rings (SSSR count). The monoisotopic (exact) mass is 308 g/mol. The third kappa shape index (κ3) is 2.64. The topological polar surface area (TPSA) is 62.2 Å². The summed E-state index contributed by atoms with van der Waals surface area (Å²) >= 11 is 7.34. The SMILES string of the molecule is O=C(Nc1nc2c(s1)CCCC2)c1ccc(O)c(Cl)c1. The van der Waals surface area contributed by atoms with E-state index in [2.05, 4.69) is 10.3 Å². The first-order chi connectivity index (χ1) is 9.63. The van der Waals surface area contributed by atoms with Crippen LogP contribution in [-0.4, -0.2) is 16.0 Å². The second-order valence-corrected chi connectivity index (χ2v) is 6.21. The highest BCUT2D eigenvalue weighted by molar-refractivity contribution is 7.15. The Morgan fingerprint density at radius 2 is 2.15 bits per heavy atom. The first-order valence-corrected chi connectivity index (χ1v) is 7.61. The van der Waals surface area contributed by atoms with Crippen molar-refractivity contribution in [3.63, 3.8) is 0 Å². The van der Waals surface area contributed by atoms with Crippen LogP contribution >= 0.6 is 22.9 Å². The molecule has 1 aromatic heterocycles. The molecule has 1 amide bonds. The van der Waals surface area contributed by atoms with E-state index in [1.165, 1.54) is 29.5 Å². The van der Waals surface area contributed by atoms with Crippen molar-refractivity contribution in [3.05, 3.63) is 39.4 Å². The first-order valence-electron chi connectivity index (χ1n) is 6.42. The lowest BCUT2D eigenvalue weighted by atomic mass is 10.0. The second-order valence-electron chi connectivity index (χ2n) is 4.72. The van der Waals surface area contributed by atoms with E-state index in [4.69, 9.17) is 11.6 Å². The van der Waals surface area contributed by atoms with Gasteiger partial charge in [0.25, 0.3) is 5.91 Å². The summed E-state index contributed by atoms with van der Waals surface area (Å²) in [7, 11) is 0. The number of benzene rings is 1. The van der Waals surface area contributed by atoms with E-state index in [1.54, 1.807) is 11.3 Å².